The standard InChI is InChI=1S/C22H23Cl2N3OS/c1-2-20(21(28)26-18-11-16(23)10-17(24)12-18)29-22-15(13-25)9-14-7-5-3-4-6-8-19(14)27-22/h9-12,20H,2-8H2,1H3,(H,26,28). The number of aryl methyl sites for hydroxylation is 2. The van der Waals surface area contributed by atoms with Gasteiger partial charge in [-0.05, 0) is 61.9 Å². The fourth-order valence-corrected chi connectivity index (χ4v) is 4.97. The summed E-state index contributed by atoms with van der Waals surface area (Å²) in [6, 6.07) is 9.17. The van der Waals surface area contributed by atoms with Crippen LogP contribution in [0, 0.1) is 11.3 Å². The first-order valence-corrected chi connectivity index (χ1v) is 11.5. The molecule has 29 heavy (non-hydrogen) atoms. The zero-order chi connectivity index (χ0) is 20.8. The SMILES string of the molecule is CCC(Sc1nc2c(cc1C#N)CCCCCC2)C(=O)Nc1cc(Cl)cc(Cl)c1. The van der Waals surface area contributed by atoms with E-state index in [4.69, 9.17) is 28.2 Å². The van der Waals surface area contributed by atoms with Gasteiger partial charge in [-0.25, -0.2) is 4.98 Å². The maximum atomic E-state index is 12.8. The van der Waals surface area contributed by atoms with Gasteiger partial charge in [0.25, 0.3) is 0 Å². The molecule has 1 unspecified atom stereocenters. The van der Waals surface area contributed by atoms with Gasteiger partial charge in [-0.3, -0.25) is 4.79 Å². The molecule has 0 saturated carbocycles. The normalized spacial score (nSPS) is 14.8. The average molecular weight is 448 g/mol. The van der Waals surface area contributed by atoms with Crippen molar-refractivity contribution < 1.29 is 4.79 Å². The van der Waals surface area contributed by atoms with Gasteiger partial charge < -0.3 is 5.32 Å². The molecule has 152 valence electrons. The largest absolute Gasteiger partial charge is 0.325 e. The number of hydrogen-bond donors (Lipinski definition) is 1. The lowest BCUT2D eigenvalue weighted by Crippen LogP contribution is -2.25. The van der Waals surface area contributed by atoms with Crippen molar-refractivity contribution in [3.8, 4) is 6.07 Å². The Kier molecular flexibility index (Phi) is 7.83. The smallest absolute Gasteiger partial charge is 0.237 e. The van der Waals surface area contributed by atoms with Crippen molar-refractivity contribution in [3.05, 3.63) is 51.1 Å². The first-order valence-electron chi connectivity index (χ1n) is 9.86. The molecule has 0 radical (unpaired) electrons. The van der Waals surface area contributed by atoms with Crippen LogP contribution in [0.3, 0.4) is 0 Å². The fraction of sp³-hybridized carbons (Fsp3) is 0.409. The van der Waals surface area contributed by atoms with Gasteiger partial charge in [-0.1, -0.05) is 54.7 Å². The van der Waals surface area contributed by atoms with Gasteiger partial charge in [0.2, 0.25) is 5.91 Å². The number of fused-ring (bicyclic) bond motifs is 1. The van der Waals surface area contributed by atoms with Gasteiger partial charge in [0, 0.05) is 21.4 Å². The van der Waals surface area contributed by atoms with Crippen molar-refractivity contribution in [3.63, 3.8) is 0 Å². The Labute approximate surface area is 186 Å². The third kappa shape index (κ3) is 5.88. The first kappa shape index (κ1) is 22.0. The monoisotopic (exact) mass is 447 g/mol. The molecule has 1 aromatic heterocycles. The molecule has 1 amide bonds. The Morgan fingerprint density at radius 3 is 2.52 bits per heavy atom. The molecule has 4 nitrogen and oxygen atoms in total. The number of thioether (sulfide) groups is 1. The lowest BCUT2D eigenvalue weighted by Gasteiger charge is -2.18. The third-order valence-electron chi connectivity index (χ3n) is 4.93. The molecule has 0 fully saturated rings. The predicted octanol–water partition coefficient (Wildman–Crippen LogP) is 6.43. The molecule has 1 aromatic carbocycles. The third-order valence-corrected chi connectivity index (χ3v) is 6.74. The van der Waals surface area contributed by atoms with E-state index < -0.39 is 0 Å². The van der Waals surface area contributed by atoms with E-state index in [-0.39, 0.29) is 11.2 Å². The molecule has 3 rings (SSSR count). The van der Waals surface area contributed by atoms with Crippen LogP contribution in [-0.2, 0) is 17.6 Å². The summed E-state index contributed by atoms with van der Waals surface area (Å²) >= 11 is 13.4. The van der Waals surface area contributed by atoms with Crippen LogP contribution in [0.4, 0.5) is 5.69 Å². The summed E-state index contributed by atoms with van der Waals surface area (Å²) in [5, 5.41) is 13.7. The Hall–Kier alpha value is -1.74. The van der Waals surface area contributed by atoms with Crippen LogP contribution in [0.25, 0.3) is 0 Å². The maximum absolute atomic E-state index is 12.8. The van der Waals surface area contributed by atoms with E-state index in [1.54, 1.807) is 18.2 Å². The summed E-state index contributed by atoms with van der Waals surface area (Å²) < 4.78 is 0. The number of pyridine rings is 1. The van der Waals surface area contributed by atoms with Crippen LogP contribution in [0.1, 0.15) is 55.8 Å². The van der Waals surface area contributed by atoms with Gasteiger partial charge in [0.05, 0.1) is 10.8 Å². The summed E-state index contributed by atoms with van der Waals surface area (Å²) in [4.78, 5) is 17.6. The van der Waals surface area contributed by atoms with E-state index >= 15 is 0 Å². The van der Waals surface area contributed by atoms with Crippen LogP contribution in [0.2, 0.25) is 10.0 Å². The second-order valence-corrected chi connectivity index (χ2v) is 9.20. The number of amides is 1. The van der Waals surface area contributed by atoms with Crippen LogP contribution in [0.5, 0.6) is 0 Å². The minimum atomic E-state index is -0.376. The van der Waals surface area contributed by atoms with Crippen LogP contribution in [-0.4, -0.2) is 16.1 Å². The van der Waals surface area contributed by atoms with E-state index in [0.717, 1.165) is 31.4 Å². The first-order chi connectivity index (χ1) is 14.0. The fourth-order valence-electron chi connectivity index (χ4n) is 3.44. The molecule has 1 atom stereocenters. The van der Waals surface area contributed by atoms with Gasteiger partial charge in [0.15, 0.2) is 0 Å². The number of halogens is 2. The quantitative estimate of drug-likeness (QED) is 0.536. The van der Waals surface area contributed by atoms with Crippen molar-refractivity contribution in [1.29, 1.82) is 5.26 Å². The molecule has 1 aliphatic carbocycles. The zero-order valence-electron chi connectivity index (χ0n) is 16.3. The predicted molar refractivity (Wildman–Crippen MR) is 120 cm³/mol. The highest BCUT2D eigenvalue weighted by atomic mass is 35.5. The van der Waals surface area contributed by atoms with Crippen LogP contribution >= 0.6 is 35.0 Å². The number of anilines is 1. The van der Waals surface area contributed by atoms with Crippen molar-refractivity contribution in [2.75, 3.05) is 5.32 Å². The van der Waals surface area contributed by atoms with E-state index in [1.807, 2.05) is 13.0 Å². The average Bonchev–Trinajstić information content (AvgIpc) is 2.65. The maximum Gasteiger partial charge on any atom is 0.237 e. The highest BCUT2D eigenvalue weighted by Crippen LogP contribution is 2.31. The number of aromatic nitrogens is 1. The van der Waals surface area contributed by atoms with Gasteiger partial charge in [-0.2, -0.15) is 5.26 Å². The number of nitrogens with zero attached hydrogens (tertiary/aromatic N) is 2. The second-order valence-electron chi connectivity index (χ2n) is 7.14. The van der Waals surface area contributed by atoms with Crippen molar-refractivity contribution in [2.24, 2.45) is 0 Å². The number of benzene rings is 1. The zero-order valence-corrected chi connectivity index (χ0v) is 18.6. The molecular formula is C22H23Cl2N3OS. The Bertz CT molecular complexity index is 922. The minimum Gasteiger partial charge on any atom is -0.325 e. The molecule has 0 spiro atoms. The van der Waals surface area contributed by atoms with Crippen LogP contribution in [0.15, 0.2) is 29.3 Å². The van der Waals surface area contributed by atoms with E-state index in [1.165, 1.54) is 30.2 Å². The minimum absolute atomic E-state index is 0.159. The number of carbonyl (C=O) groups is 1. The molecule has 2 aromatic rings. The summed E-state index contributed by atoms with van der Waals surface area (Å²) in [7, 11) is 0. The van der Waals surface area contributed by atoms with Gasteiger partial charge >= 0.3 is 0 Å². The molecule has 0 aliphatic heterocycles. The van der Waals surface area contributed by atoms with Crippen molar-refractivity contribution in [1.82, 2.24) is 4.98 Å². The summed E-state index contributed by atoms with van der Waals surface area (Å²) in [5.74, 6) is -0.159. The molecule has 1 aliphatic rings. The van der Waals surface area contributed by atoms with E-state index in [0.29, 0.717) is 32.7 Å². The Morgan fingerprint density at radius 2 is 1.86 bits per heavy atom. The lowest BCUT2D eigenvalue weighted by molar-refractivity contribution is -0.115. The second kappa shape index (κ2) is 10.3. The summed E-state index contributed by atoms with van der Waals surface area (Å²) in [5.41, 5.74) is 3.35. The number of hydrogen-bond acceptors (Lipinski definition) is 4. The van der Waals surface area contributed by atoms with E-state index in [9.17, 15) is 10.1 Å². The summed E-state index contributed by atoms with van der Waals surface area (Å²) in [6.07, 6.45) is 7.19. The molecule has 0 saturated heterocycles. The van der Waals surface area contributed by atoms with Gasteiger partial charge in [0.1, 0.15) is 11.1 Å². The number of carbonyl (C=O) groups excluding carboxylic acids is 1. The lowest BCUT2D eigenvalue weighted by atomic mass is 9.96. The molecule has 1 heterocycles. The molecule has 1 N–H and O–H groups in total. The summed E-state index contributed by atoms with van der Waals surface area (Å²) in [6.45, 7) is 1.95. The number of nitrogens with one attached hydrogen (secondary N) is 1. The topological polar surface area (TPSA) is 65.8 Å². The van der Waals surface area contributed by atoms with Crippen molar-refractivity contribution in [2.45, 2.75) is 62.1 Å². The number of rotatable bonds is 5. The molecular weight excluding hydrogens is 425 g/mol. The van der Waals surface area contributed by atoms with Gasteiger partial charge in [-0.15, -0.1) is 0 Å². The molecule has 7 heteroatoms. The Balaban J connectivity index is 1.81. The van der Waals surface area contributed by atoms with Crippen molar-refractivity contribution >= 4 is 46.6 Å². The highest BCUT2D eigenvalue weighted by Gasteiger charge is 2.22. The number of nitriles is 1. The molecule has 0 bridgehead atoms. The van der Waals surface area contributed by atoms with Crippen LogP contribution < -0.4 is 5.32 Å². The Morgan fingerprint density at radius 1 is 1.17 bits per heavy atom. The van der Waals surface area contributed by atoms with E-state index in [2.05, 4.69) is 11.4 Å². The highest BCUT2D eigenvalue weighted by molar-refractivity contribution is 8.00.